The van der Waals surface area contributed by atoms with Crippen LogP contribution in [0, 0.1) is 5.41 Å². The first-order chi connectivity index (χ1) is 8.58. The maximum atomic E-state index is 5.87. The minimum atomic E-state index is 0.0268. The van der Waals surface area contributed by atoms with E-state index >= 15 is 0 Å². The molecule has 3 heteroatoms. The number of nitrogen functional groups attached to an aromatic ring is 1. The van der Waals surface area contributed by atoms with E-state index in [0.717, 1.165) is 23.6 Å². The predicted octanol–water partition coefficient (Wildman–Crippen LogP) is 3.96. The molecule has 0 aliphatic carbocycles. The Morgan fingerprint density at radius 3 is 2.26 bits per heavy atom. The van der Waals surface area contributed by atoms with Gasteiger partial charge in [-0.15, -0.1) is 0 Å². The second-order valence-corrected chi connectivity index (χ2v) is 7.58. The van der Waals surface area contributed by atoms with Crippen molar-refractivity contribution in [2.24, 2.45) is 5.41 Å². The number of anilines is 1. The molecule has 3 nitrogen and oxygen atoms in total. The van der Waals surface area contributed by atoms with Crippen molar-refractivity contribution in [1.82, 2.24) is 9.55 Å². The molecule has 0 radical (unpaired) electrons. The van der Waals surface area contributed by atoms with E-state index in [1.165, 1.54) is 5.52 Å². The van der Waals surface area contributed by atoms with Gasteiger partial charge in [-0.05, 0) is 23.6 Å². The third-order valence-electron chi connectivity index (χ3n) is 3.08. The first-order valence-electron chi connectivity index (χ1n) is 6.84. The molecule has 1 aromatic heterocycles. The monoisotopic (exact) mass is 259 g/mol. The molecule has 104 valence electrons. The number of nitrogens with zero attached hydrogens (tertiary/aromatic N) is 2. The highest BCUT2D eigenvalue weighted by molar-refractivity contribution is 5.80. The quantitative estimate of drug-likeness (QED) is 0.788. The Morgan fingerprint density at radius 2 is 1.74 bits per heavy atom. The van der Waals surface area contributed by atoms with E-state index in [4.69, 9.17) is 10.7 Å². The van der Waals surface area contributed by atoms with Crippen molar-refractivity contribution in [3.8, 4) is 0 Å². The van der Waals surface area contributed by atoms with E-state index in [-0.39, 0.29) is 10.8 Å². The van der Waals surface area contributed by atoms with Crippen LogP contribution in [0.15, 0.2) is 18.2 Å². The van der Waals surface area contributed by atoms with Crippen LogP contribution >= 0.6 is 0 Å². The predicted molar refractivity (Wildman–Crippen MR) is 82.3 cm³/mol. The van der Waals surface area contributed by atoms with E-state index in [2.05, 4.69) is 52.2 Å². The van der Waals surface area contributed by atoms with Crippen LogP contribution in [-0.4, -0.2) is 9.55 Å². The number of benzene rings is 1. The molecule has 0 aliphatic rings. The smallest absolute Gasteiger partial charge is 0.115 e. The van der Waals surface area contributed by atoms with Crippen LogP contribution in [0.3, 0.4) is 0 Å². The molecule has 1 aromatic carbocycles. The molecule has 2 rings (SSSR count). The van der Waals surface area contributed by atoms with Crippen molar-refractivity contribution in [3.63, 3.8) is 0 Å². The summed E-state index contributed by atoms with van der Waals surface area (Å²) in [6.07, 6.45) is 0. The van der Waals surface area contributed by atoms with Gasteiger partial charge in [0.1, 0.15) is 5.82 Å². The lowest BCUT2D eigenvalue weighted by Crippen LogP contribution is -2.24. The van der Waals surface area contributed by atoms with Gasteiger partial charge in [0.2, 0.25) is 0 Å². The largest absolute Gasteiger partial charge is 0.399 e. The molecular weight excluding hydrogens is 234 g/mol. The summed E-state index contributed by atoms with van der Waals surface area (Å²) in [5, 5.41) is 0. The van der Waals surface area contributed by atoms with Crippen LogP contribution in [0.4, 0.5) is 5.69 Å². The molecule has 0 unspecified atom stereocenters. The first-order valence-corrected chi connectivity index (χ1v) is 6.84. The van der Waals surface area contributed by atoms with Gasteiger partial charge >= 0.3 is 0 Å². The zero-order chi connectivity index (χ0) is 14.4. The molecule has 2 N–H and O–H groups in total. The molecule has 0 fully saturated rings. The number of nitrogens with two attached hydrogens (primary N) is 1. The van der Waals surface area contributed by atoms with Gasteiger partial charge in [-0.3, -0.25) is 0 Å². The lowest BCUT2D eigenvalue weighted by atomic mass is 9.93. The molecule has 0 amide bonds. The lowest BCUT2D eigenvalue weighted by molar-refractivity contribution is 0.332. The highest BCUT2D eigenvalue weighted by Crippen LogP contribution is 2.30. The zero-order valence-electron chi connectivity index (χ0n) is 12.9. The van der Waals surface area contributed by atoms with E-state index in [1.54, 1.807) is 0 Å². The topological polar surface area (TPSA) is 43.8 Å². The van der Waals surface area contributed by atoms with Crippen LogP contribution in [0.25, 0.3) is 11.0 Å². The third kappa shape index (κ3) is 2.91. The Hall–Kier alpha value is -1.51. The number of imidazole rings is 1. The summed E-state index contributed by atoms with van der Waals surface area (Å²) in [6, 6.07) is 6.00. The second kappa shape index (κ2) is 4.26. The van der Waals surface area contributed by atoms with Gasteiger partial charge in [0.05, 0.1) is 11.0 Å². The third-order valence-corrected chi connectivity index (χ3v) is 3.08. The highest BCUT2D eigenvalue weighted by Gasteiger charge is 2.25. The van der Waals surface area contributed by atoms with Gasteiger partial charge in [-0.25, -0.2) is 4.98 Å². The van der Waals surface area contributed by atoms with Gasteiger partial charge in [0, 0.05) is 17.6 Å². The van der Waals surface area contributed by atoms with Crippen molar-refractivity contribution >= 4 is 16.7 Å². The molecule has 0 saturated carbocycles. The van der Waals surface area contributed by atoms with Gasteiger partial charge in [-0.1, -0.05) is 41.5 Å². The summed E-state index contributed by atoms with van der Waals surface area (Å²) in [6.45, 7) is 14.3. The van der Waals surface area contributed by atoms with E-state index in [9.17, 15) is 0 Å². The number of hydrogen-bond donors (Lipinski definition) is 1. The summed E-state index contributed by atoms with van der Waals surface area (Å²) in [7, 11) is 0. The SMILES string of the molecule is CC(C)(C)Cn1c(C(C)(C)C)nc2cc(N)ccc21. The van der Waals surface area contributed by atoms with Crippen molar-refractivity contribution in [2.45, 2.75) is 53.5 Å². The molecule has 0 bridgehead atoms. The standard InChI is InChI=1S/C16H25N3/c1-15(2,3)10-19-13-8-7-11(17)9-12(13)18-14(19)16(4,5)6/h7-9H,10,17H2,1-6H3. The van der Waals surface area contributed by atoms with Crippen molar-refractivity contribution < 1.29 is 0 Å². The van der Waals surface area contributed by atoms with Gasteiger partial charge in [0.15, 0.2) is 0 Å². The van der Waals surface area contributed by atoms with Crippen LogP contribution < -0.4 is 5.73 Å². The first kappa shape index (κ1) is 13.9. The Bertz CT molecular complexity index is 595. The van der Waals surface area contributed by atoms with Crippen LogP contribution in [0.5, 0.6) is 0 Å². The maximum absolute atomic E-state index is 5.87. The molecule has 1 heterocycles. The average Bonchev–Trinajstić information content (AvgIpc) is 2.53. The fourth-order valence-electron chi connectivity index (χ4n) is 2.35. The van der Waals surface area contributed by atoms with Gasteiger partial charge in [0.25, 0.3) is 0 Å². The average molecular weight is 259 g/mol. The van der Waals surface area contributed by atoms with Gasteiger partial charge in [-0.2, -0.15) is 0 Å². The molecule has 19 heavy (non-hydrogen) atoms. The summed E-state index contributed by atoms with van der Waals surface area (Å²) in [5.41, 5.74) is 9.06. The van der Waals surface area contributed by atoms with Gasteiger partial charge < -0.3 is 10.3 Å². The summed E-state index contributed by atoms with van der Waals surface area (Å²) in [4.78, 5) is 4.81. The molecule has 0 saturated heterocycles. The number of hydrogen-bond acceptors (Lipinski definition) is 2. The number of rotatable bonds is 1. The van der Waals surface area contributed by atoms with Crippen LogP contribution in [-0.2, 0) is 12.0 Å². The van der Waals surface area contributed by atoms with E-state index in [0.29, 0.717) is 0 Å². The van der Waals surface area contributed by atoms with Crippen molar-refractivity contribution in [2.75, 3.05) is 5.73 Å². The molecule has 0 atom stereocenters. The van der Waals surface area contributed by atoms with Crippen LogP contribution in [0.2, 0.25) is 0 Å². The Balaban J connectivity index is 2.69. The molecule has 0 aliphatic heterocycles. The molecule has 0 spiro atoms. The minimum absolute atomic E-state index is 0.0268. The summed E-state index contributed by atoms with van der Waals surface area (Å²) < 4.78 is 2.34. The lowest BCUT2D eigenvalue weighted by Gasteiger charge is -2.25. The maximum Gasteiger partial charge on any atom is 0.115 e. The van der Waals surface area contributed by atoms with Crippen molar-refractivity contribution in [1.29, 1.82) is 0 Å². The molecule has 2 aromatic rings. The summed E-state index contributed by atoms with van der Waals surface area (Å²) >= 11 is 0. The minimum Gasteiger partial charge on any atom is -0.399 e. The fraction of sp³-hybridized carbons (Fsp3) is 0.562. The zero-order valence-corrected chi connectivity index (χ0v) is 12.9. The second-order valence-electron chi connectivity index (χ2n) is 7.58. The fourth-order valence-corrected chi connectivity index (χ4v) is 2.35. The Kier molecular flexibility index (Phi) is 3.12. The normalized spacial score (nSPS) is 13.2. The van der Waals surface area contributed by atoms with Crippen LogP contribution in [0.1, 0.15) is 47.4 Å². The van der Waals surface area contributed by atoms with E-state index in [1.807, 2.05) is 12.1 Å². The van der Waals surface area contributed by atoms with Crippen molar-refractivity contribution in [3.05, 3.63) is 24.0 Å². The number of aromatic nitrogens is 2. The molecular formula is C16H25N3. The Morgan fingerprint density at radius 1 is 1.11 bits per heavy atom. The number of fused-ring (bicyclic) bond motifs is 1. The summed E-state index contributed by atoms with van der Waals surface area (Å²) in [5.74, 6) is 1.13. The Labute approximate surface area is 115 Å². The highest BCUT2D eigenvalue weighted by atomic mass is 15.1. The van der Waals surface area contributed by atoms with E-state index < -0.39 is 0 Å².